The highest BCUT2D eigenvalue weighted by molar-refractivity contribution is 7.92. The molecule has 0 aliphatic carbocycles. The lowest BCUT2D eigenvalue weighted by Gasteiger charge is -2.11. The first-order valence-corrected chi connectivity index (χ1v) is 7.79. The van der Waals surface area contributed by atoms with Crippen LogP contribution in [0.4, 0.5) is 10.1 Å². The third-order valence-electron chi connectivity index (χ3n) is 3.02. The monoisotopic (exact) mass is 323 g/mol. The summed E-state index contributed by atoms with van der Waals surface area (Å²) in [6, 6.07) is 9.07. The molecule has 0 bridgehead atoms. The van der Waals surface area contributed by atoms with Gasteiger partial charge in [0, 0.05) is 0 Å². The Bertz CT molecular complexity index is 801. The predicted octanol–water partition coefficient (Wildman–Crippen LogP) is 2.72. The van der Waals surface area contributed by atoms with Gasteiger partial charge in [0.15, 0.2) is 0 Å². The van der Waals surface area contributed by atoms with Crippen molar-refractivity contribution in [3.63, 3.8) is 0 Å². The van der Waals surface area contributed by atoms with Crippen molar-refractivity contribution in [1.82, 2.24) is 0 Å². The fourth-order valence-electron chi connectivity index (χ4n) is 1.83. The Morgan fingerprint density at radius 3 is 2.32 bits per heavy atom. The van der Waals surface area contributed by atoms with Crippen LogP contribution in [0.25, 0.3) is 0 Å². The lowest BCUT2D eigenvalue weighted by Crippen LogP contribution is -2.14. The number of hydrogen-bond donors (Lipinski definition) is 1. The van der Waals surface area contributed by atoms with Crippen LogP contribution in [0, 0.1) is 12.7 Å². The maximum absolute atomic E-state index is 13.0. The minimum atomic E-state index is -3.82. The lowest BCUT2D eigenvalue weighted by atomic mass is 10.2. The number of hydrogen-bond acceptors (Lipinski definition) is 4. The fourth-order valence-corrected chi connectivity index (χ4v) is 2.96. The maximum Gasteiger partial charge on any atom is 0.337 e. The summed E-state index contributed by atoms with van der Waals surface area (Å²) in [6.45, 7) is 1.60. The molecule has 0 heterocycles. The average Bonchev–Trinajstić information content (AvgIpc) is 2.49. The van der Waals surface area contributed by atoms with Gasteiger partial charge in [0.2, 0.25) is 0 Å². The molecule has 0 amide bonds. The molecule has 5 nitrogen and oxygen atoms in total. The van der Waals surface area contributed by atoms with E-state index in [1.807, 2.05) is 0 Å². The van der Waals surface area contributed by atoms with E-state index in [9.17, 15) is 17.6 Å². The minimum Gasteiger partial charge on any atom is -0.465 e. The number of methoxy groups -OCH3 is 1. The third-order valence-corrected chi connectivity index (χ3v) is 4.40. The molecule has 1 N–H and O–H groups in total. The van der Waals surface area contributed by atoms with Crippen molar-refractivity contribution in [1.29, 1.82) is 0 Å². The number of nitrogens with one attached hydrogen (secondary N) is 1. The van der Waals surface area contributed by atoms with Gasteiger partial charge >= 0.3 is 5.97 Å². The standard InChI is InChI=1S/C15H14FNO4S/c1-10-9-12(16)5-8-14(10)17-22(19,20)13-6-3-11(4-7-13)15(18)21-2/h3-9,17H,1-2H3. The Morgan fingerprint density at radius 2 is 1.77 bits per heavy atom. The molecule has 2 aromatic carbocycles. The summed E-state index contributed by atoms with van der Waals surface area (Å²) >= 11 is 0. The Hall–Kier alpha value is -2.41. The van der Waals surface area contributed by atoms with Crippen molar-refractivity contribution in [3.8, 4) is 0 Å². The molecule has 0 radical (unpaired) electrons. The van der Waals surface area contributed by atoms with E-state index in [4.69, 9.17) is 0 Å². The van der Waals surface area contributed by atoms with Crippen molar-refractivity contribution in [2.24, 2.45) is 0 Å². The second-order valence-corrected chi connectivity index (χ2v) is 6.26. The van der Waals surface area contributed by atoms with Gasteiger partial charge in [0.05, 0.1) is 23.3 Å². The zero-order chi connectivity index (χ0) is 16.3. The average molecular weight is 323 g/mol. The molecule has 0 aliphatic heterocycles. The topological polar surface area (TPSA) is 72.5 Å². The van der Waals surface area contributed by atoms with E-state index in [0.29, 0.717) is 11.3 Å². The molecular weight excluding hydrogens is 309 g/mol. The molecule has 0 saturated carbocycles. The number of halogens is 1. The van der Waals surface area contributed by atoms with Crippen LogP contribution < -0.4 is 4.72 Å². The normalized spacial score (nSPS) is 11.0. The first kappa shape index (κ1) is 16.0. The molecule has 0 unspecified atom stereocenters. The van der Waals surface area contributed by atoms with Crippen molar-refractivity contribution in [2.75, 3.05) is 11.8 Å². The number of esters is 1. The van der Waals surface area contributed by atoms with E-state index in [1.54, 1.807) is 6.92 Å². The summed E-state index contributed by atoms with van der Waals surface area (Å²) in [6.07, 6.45) is 0. The van der Waals surface area contributed by atoms with Gasteiger partial charge in [-0.3, -0.25) is 4.72 Å². The molecule has 22 heavy (non-hydrogen) atoms. The molecule has 0 fully saturated rings. The minimum absolute atomic E-state index is 0.0103. The highest BCUT2D eigenvalue weighted by atomic mass is 32.2. The van der Waals surface area contributed by atoms with Crippen LogP contribution in [-0.2, 0) is 14.8 Å². The lowest BCUT2D eigenvalue weighted by molar-refractivity contribution is 0.0600. The molecule has 0 spiro atoms. The van der Waals surface area contributed by atoms with Gasteiger partial charge in [0.25, 0.3) is 10.0 Å². The van der Waals surface area contributed by atoms with E-state index in [1.165, 1.54) is 49.6 Å². The highest BCUT2D eigenvalue weighted by Crippen LogP contribution is 2.20. The number of ether oxygens (including phenoxy) is 1. The van der Waals surface area contributed by atoms with Gasteiger partial charge in [-0.05, 0) is 55.0 Å². The number of anilines is 1. The Morgan fingerprint density at radius 1 is 1.14 bits per heavy atom. The summed E-state index contributed by atoms with van der Waals surface area (Å²) in [7, 11) is -2.58. The van der Waals surface area contributed by atoms with E-state index in [-0.39, 0.29) is 10.5 Å². The smallest absolute Gasteiger partial charge is 0.337 e. The summed E-state index contributed by atoms with van der Waals surface area (Å²) in [5.74, 6) is -0.992. The third kappa shape index (κ3) is 3.43. The summed E-state index contributed by atoms with van der Waals surface area (Å²) in [5.41, 5.74) is 1.01. The molecule has 0 aromatic heterocycles. The first-order chi connectivity index (χ1) is 10.3. The van der Waals surface area contributed by atoms with Crippen molar-refractivity contribution >= 4 is 21.7 Å². The summed E-state index contributed by atoms with van der Waals surface area (Å²) in [4.78, 5) is 11.3. The first-order valence-electron chi connectivity index (χ1n) is 6.31. The highest BCUT2D eigenvalue weighted by Gasteiger charge is 2.16. The van der Waals surface area contributed by atoms with Crippen LogP contribution in [0.15, 0.2) is 47.4 Å². The molecular formula is C15H14FNO4S. The Labute approximate surface area is 127 Å². The van der Waals surface area contributed by atoms with Crippen molar-refractivity contribution in [3.05, 3.63) is 59.4 Å². The van der Waals surface area contributed by atoms with Gasteiger partial charge in [-0.2, -0.15) is 0 Å². The van der Waals surface area contributed by atoms with Crippen molar-refractivity contribution in [2.45, 2.75) is 11.8 Å². The molecule has 7 heteroatoms. The quantitative estimate of drug-likeness (QED) is 0.878. The van der Waals surface area contributed by atoms with Gasteiger partial charge in [-0.1, -0.05) is 0 Å². The number of carbonyl (C=O) groups is 1. The molecule has 2 aromatic rings. The zero-order valence-corrected chi connectivity index (χ0v) is 12.8. The van der Waals surface area contributed by atoms with E-state index >= 15 is 0 Å². The summed E-state index contributed by atoms with van der Waals surface area (Å²) < 4.78 is 44.5. The van der Waals surface area contributed by atoms with Crippen LogP contribution in [-0.4, -0.2) is 21.5 Å². The van der Waals surface area contributed by atoms with Gasteiger partial charge < -0.3 is 4.74 Å². The van der Waals surface area contributed by atoms with E-state index < -0.39 is 21.8 Å². The molecule has 116 valence electrons. The molecule has 0 atom stereocenters. The van der Waals surface area contributed by atoms with Crippen LogP contribution >= 0.6 is 0 Å². The van der Waals surface area contributed by atoms with E-state index in [2.05, 4.69) is 9.46 Å². The molecule has 2 rings (SSSR count). The van der Waals surface area contributed by atoms with Gasteiger partial charge in [-0.15, -0.1) is 0 Å². The maximum atomic E-state index is 13.0. The number of benzene rings is 2. The Balaban J connectivity index is 2.28. The second kappa shape index (κ2) is 6.15. The predicted molar refractivity (Wildman–Crippen MR) is 79.7 cm³/mol. The van der Waals surface area contributed by atoms with Crippen LogP contribution in [0.2, 0.25) is 0 Å². The van der Waals surface area contributed by atoms with Crippen LogP contribution in [0.5, 0.6) is 0 Å². The van der Waals surface area contributed by atoms with Crippen LogP contribution in [0.1, 0.15) is 15.9 Å². The fraction of sp³-hybridized carbons (Fsp3) is 0.133. The van der Waals surface area contributed by atoms with Crippen LogP contribution in [0.3, 0.4) is 0 Å². The second-order valence-electron chi connectivity index (χ2n) is 4.58. The number of carbonyl (C=O) groups excluding carboxylic acids is 1. The number of aryl methyl sites for hydroxylation is 1. The Kier molecular flexibility index (Phi) is 4.46. The van der Waals surface area contributed by atoms with Gasteiger partial charge in [0.1, 0.15) is 5.82 Å². The molecule has 0 saturated heterocycles. The van der Waals surface area contributed by atoms with Crippen molar-refractivity contribution < 1.29 is 22.3 Å². The molecule has 0 aliphatic rings. The SMILES string of the molecule is COC(=O)c1ccc(S(=O)(=O)Nc2ccc(F)cc2C)cc1. The van der Waals surface area contributed by atoms with Gasteiger partial charge in [-0.25, -0.2) is 17.6 Å². The number of rotatable bonds is 4. The number of sulfonamides is 1. The summed E-state index contributed by atoms with van der Waals surface area (Å²) in [5, 5.41) is 0. The van der Waals surface area contributed by atoms with E-state index in [0.717, 1.165) is 0 Å². The largest absolute Gasteiger partial charge is 0.465 e. The zero-order valence-electron chi connectivity index (χ0n) is 12.0.